The van der Waals surface area contributed by atoms with E-state index in [1.54, 1.807) is 20.4 Å². The van der Waals surface area contributed by atoms with Crippen LogP contribution in [0.3, 0.4) is 0 Å². The van der Waals surface area contributed by atoms with E-state index >= 15 is 0 Å². The molecule has 1 atom stereocenters. The van der Waals surface area contributed by atoms with Crippen molar-refractivity contribution in [2.75, 3.05) is 14.2 Å². The van der Waals surface area contributed by atoms with Crippen molar-refractivity contribution in [2.45, 2.75) is 19.3 Å². The summed E-state index contributed by atoms with van der Waals surface area (Å²) in [4.78, 5) is 4.29. The molecule has 0 aliphatic rings. The maximum absolute atomic E-state index is 5.99. The number of rotatable bonds is 6. The molecule has 0 saturated heterocycles. The van der Waals surface area contributed by atoms with Crippen molar-refractivity contribution in [3.05, 3.63) is 59.9 Å². The smallest absolute Gasteiger partial charge is 0.204 e. The highest BCUT2D eigenvalue weighted by atomic mass is 16.7. The first-order chi connectivity index (χ1) is 9.76. The Morgan fingerprint density at radius 2 is 1.65 bits per heavy atom. The van der Waals surface area contributed by atoms with Crippen molar-refractivity contribution in [1.82, 2.24) is 4.98 Å². The Balaban J connectivity index is 2.21. The van der Waals surface area contributed by atoms with Crippen LogP contribution in [0.1, 0.15) is 30.6 Å². The quantitative estimate of drug-likeness (QED) is 0.755. The number of nitrogens with zero attached hydrogens (tertiary/aromatic N) is 1. The van der Waals surface area contributed by atoms with Gasteiger partial charge >= 0.3 is 0 Å². The number of benzene rings is 1. The first kappa shape index (κ1) is 14.5. The zero-order valence-corrected chi connectivity index (χ0v) is 11.9. The Morgan fingerprint density at radius 3 is 2.30 bits per heavy atom. The van der Waals surface area contributed by atoms with Crippen LogP contribution in [-0.4, -0.2) is 19.2 Å². The third-order valence-corrected chi connectivity index (χ3v) is 3.02. The normalized spacial score (nSPS) is 12.4. The number of hydrogen-bond donors (Lipinski definition) is 0. The van der Waals surface area contributed by atoms with Crippen molar-refractivity contribution in [3.63, 3.8) is 0 Å². The van der Waals surface area contributed by atoms with Crippen molar-refractivity contribution in [2.24, 2.45) is 0 Å². The van der Waals surface area contributed by atoms with Gasteiger partial charge in [0.2, 0.25) is 6.29 Å². The van der Waals surface area contributed by atoms with Gasteiger partial charge in [0.05, 0.1) is 0 Å². The van der Waals surface area contributed by atoms with Gasteiger partial charge in [-0.25, -0.2) is 0 Å². The number of pyridine rings is 1. The van der Waals surface area contributed by atoms with Crippen LogP contribution in [0.2, 0.25) is 0 Å². The standard InChI is InChI=1S/C16H19NO3/c1-12(13-8-5-4-6-9-13)20-14-10-7-11-17-15(14)16(18-2)19-3/h4-12,16H,1-3H3/t12-/m1/s1. The first-order valence-electron chi connectivity index (χ1n) is 6.48. The molecule has 0 saturated carbocycles. The molecule has 1 heterocycles. The second-order valence-corrected chi connectivity index (χ2v) is 4.36. The van der Waals surface area contributed by atoms with E-state index in [1.807, 2.05) is 49.4 Å². The number of methoxy groups -OCH3 is 2. The SMILES string of the molecule is COC(OC)c1ncccc1O[C@H](C)c1ccccc1. The molecule has 20 heavy (non-hydrogen) atoms. The molecule has 0 spiro atoms. The van der Waals surface area contributed by atoms with E-state index < -0.39 is 6.29 Å². The maximum Gasteiger partial charge on any atom is 0.204 e. The minimum absolute atomic E-state index is 0.0755. The van der Waals surface area contributed by atoms with E-state index in [0.29, 0.717) is 11.4 Å². The highest BCUT2D eigenvalue weighted by Crippen LogP contribution is 2.29. The average molecular weight is 273 g/mol. The second-order valence-electron chi connectivity index (χ2n) is 4.36. The fourth-order valence-corrected chi connectivity index (χ4v) is 1.98. The molecule has 0 aliphatic carbocycles. The van der Waals surface area contributed by atoms with Crippen LogP contribution in [0.15, 0.2) is 48.7 Å². The highest BCUT2D eigenvalue weighted by molar-refractivity contribution is 5.29. The monoisotopic (exact) mass is 273 g/mol. The van der Waals surface area contributed by atoms with Gasteiger partial charge in [0.25, 0.3) is 0 Å². The molecule has 1 aromatic heterocycles. The summed E-state index contributed by atoms with van der Waals surface area (Å²) in [5.74, 6) is 0.664. The summed E-state index contributed by atoms with van der Waals surface area (Å²) in [6, 6.07) is 13.7. The van der Waals surface area contributed by atoms with Gasteiger partial charge < -0.3 is 14.2 Å². The third kappa shape index (κ3) is 3.35. The van der Waals surface area contributed by atoms with Gasteiger partial charge in [-0.15, -0.1) is 0 Å². The summed E-state index contributed by atoms with van der Waals surface area (Å²) >= 11 is 0. The molecule has 0 fully saturated rings. The maximum atomic E-state index is 5.99. The predicted molar refractivity (Wildman–Crippen MR) is 76.5 cm³/mol. The molecule has 1 aromatic carbocycles. The van der Waals surface area contributed by atoms with Gasteiger partial charge in [0, 0.05) is 20.4 Å². The van der Waals surface area contributed by atoms with Crippen LogP contribution in [-0.2, 0) is 9.47 Å². The zero-order chi connectivity index (χ0) is 14.4. The van der Waals surface area contributed by atoms with Crippen molar-refractivity contribution in [3.8, 4) is 5.75 Å². The van der Waals surface area contributed by atoms with E-state index in [9.17, 15) is 0 Å². The average Bonchev–Trinajstić information content (AvgIpc) is 2.51. The molecular formula is C16H19NO3. The van der Waals surface area contributed by atoms with E-state index in [-0.39, 0.29) is 6.10 Å². The van der Waals surface area contributed by atoms with Crippen LogP contribution in [0.25, 0.3) is 0 Å². The number of hydrogen-bond acceptors (Lipinski definition) is 4. The molecule has 4 heteroatoms. The number of aromatic nitrogens is 1. The molecule has 2 aromatic rings. The summed E-state index contributed by atoms with van der Waals surface area (Å²) in [7, 11) is 3.15. The molecule has 0 N–H and O–H groups in total. The third-order valence-electron chi connectivity index (χ3n) is 3.02. The highest BCUT2D eigenvalue weighted by Gasteiger charge is 2.18. The molecule has 106 valence electrons. The predicted octanol–water partition coefficient (Wildman–Crippen LogP) is 3.51. The Hall–Kier alpha value is -1.91. The van der Waals surface area contributed by atoms with Crippen LogP contribution in [0.5, 0.6) is 5.75 Å². The van der Waals surface area contributed by atoms with E-state index in [4.69, 9.17) is 14.2 Å². The van der Waals surface area contributed by atoms with E-state index in [2.05, 4.69) is 4.98 Å². The summed E-state index contributed by atoms with van der Waals surface area (Å²) in [5.41, 5.74) is 1.74. The van der Waals surface area contributed by atoms with Crippen molar-refractivity contribution < 1.29 is 14.2 Å². The fraction of sp³-hybridized carbons (Fsp3) is 0.312. The van der Waals surface area contributed by atoms with Crippen molar-refractivity contribution in [1.29, 1.82) is 0 Å². The lowest BCUT2D eigenvalue weighted by Crippen LogP contribution is -2.11. The largest absolute Gasteiger partial charge is 0.484 e. The molecule has 4 nitrogen and oxygen atoms in total. The van der Waals surface area contributed by atoms with E-state index in [0.717, 1.165) is 5.56 Å². The molecule has 0 unspecified atom stereocenters. The van der Waals surface area contributed by atoms with Crippen molar-refractivity contribution >= 4 is 0 Å². The van der Waals surface area contributed by atoms with E-state index in [1.165, 1.54) is 0 Å². The van der Waals surface area contributed by atoms with Crippen LogP contribution in [0, 0.1) is 0 Å². The number of ether oxygens (including phenoxy) is 3. The molecule has 2 rings (SSSR count). The Morgan fingerprint density at radius 1 is 0.950 bits per heavy atom. The van der Waals surface area contributed by atoms with Gasteiger partial charge in [0.1, 0.15) is 17.5 Å². The molecule has 0 amide bonds. The first-order valence-corrected chi connectivity index (χ1v) is 6.48. The second kappa shape index (κ2) is 7.03. The molecule has 0 aliphatic heterocycles. The summed E-state index contributed by atoms with van der Waals surface area (Å²) in [5, 5.41) is 0. The van der Waals surface area contributed by atoms with Crippen LogP contribution in [0.4, 0.5) is 0 Å². The van der Waals surface area contributed by atoms with Gasteiger partial charge in [-0.05, 0) is 24.6 Å². The fourth-order valence-electron chi connectivity index (χ4n) is 1.98. The molecule has 0 bridgehead atoms. The van der Waals surface area contributed by atoms with Gasteiger partial charge in [-0.1, -0.05) is 30.3 Å². The lowest BCUT2D eigenvalue weighted by atomic mass is 10.1. The summed E-state index contributed by atoms with van der Waals surface area (Å²) in [6.07, 6.45) is 1.09. The Bertz CT molecular complexity index is 526. The molecule has 0 radical (unpaired) electrons. The van der Waals surface area contributed by atoms with Gasteiger partial charge in [0.15, 0.2) is 0 Å². The Kier molecular flexibility index (Phi) is 5.09. The van der Waals surface area contributed by atoms with Crippen LogP contribution >= 0.6 is 0 Å². The topological polar surface area (TPSA) is 40.6 Å². The summed E-state index contributed by atoms with van der Waals surface area (Å²) < 4.78 is 16.5. The molecular weight excluding hydrogens is 254 g/mol. The minimum atomic E-state index is -0.533. The zero-order valence-electron chi connectivity index (χ0n) is 11.9. The van der Waals surface area contributed by atoms with Gasteiger partial charge in [-0.2, -0.15) is 0 Å². The lowest BCUT2D eigenvalue weighted by Gasteiger charge is -2.20. The lowest BCUT2D eigenvalue weighted by molar-refractivity contribution is -0.110. The van der Waals surface area contributed by atoms with Crippen LogP contribution < -0.4 is 4.74 Å². The summed E-state index contributed by atoms with van der Waals surface area (Å²) in [6.45, 7) is 2.00. The van der Waals surface area contributed by atoms with Gasteiger partial charge in [-0.3, -0.25) is 4.98 Å². The Labute approximate surface area is 119 Å². The minimum Gasteiger partial charge on any atom is -0.484 e.